The molecule has 3 aromatic heterocycles. The average Bonchev–Trinajstić information content (AvgIpc) is 3.35. The molecule has 0 aliphatic heterocycles. The van der Waals surface area contributed by atoms with Crippen LogP contribution in [0.3, 0.4) is 0 Å². The van der Waals surface area contributed by atoms with Crippen LogP contribution in [0.2, 0.25) is 0 Å². The van der Waals surface area contributed by atoms with E-state index in [1.165, 1.54) is 18.4 Å². The first-order chi connectivity index (χ1) is 14.2. The number of fused-ring (bicyclic) bond motifs is 1. The molecule has 4 aromatic rings. The number of aromatic nitrogens is 4. The molecule has 0 aliphatic carbocycles. The van der Waals surface area contributed by atoms with Gasteiger partial charge in [0.2, 0.25) is 15.9 Å². The number of carbonyl (C=O) groups is 1. The quantitative estimate of drug-likeness (QED) is 0.412. The first kappa shape index (κ1) is 19.8. The van der Waals surface area contributed by atoms with Crippen LogP contribution in [0, 0.1) is 0 Å². The van der Waals surface area contributed by atoms with Gasteiger partial charge in [0.25, 0.3) is 5.91 Å². The molecule has 0 atom stereocenters. The summed E-state index contributed by atoms with van der Waals surface area (Å²) in [6, 6.07) is 5.36. The van der Waals surface area contributed by atoms with E-state index in [2.05, 4.69) is 24.9 Å². The van der Waals surface area contributed by atoms with Gasteiger partial charge >= 0.3 is 0 Å². The second kappa shape index (κ2) is 7.39. The van der Waals surface area contributed by atoms with E-state index in [1.54, 1.807) is 23.8 Å². The number of sulfonamides is 1. The van der Waals surface area contributed by atoms with Crippen LogP contribution in [0.1, 0.15) is 10.5 Å². The first-order valence-electron chi connectivity index (χ1n) is 8.50. The summed E-state index contributed by atoms with van der Waals surface area (Å²) < 4.78 is 31.0. The summed E-state index contributed by atoms with van der Waals surface area (Å²) in [7, 11) is -2.12. The van der Waals surface area contributed by atoms with Gasteiger partial charge in [0.15, 0.2) is 0 Å². The Bertz CT molecular complexity index is 1380. The van der Waals surface area contributed by atoms with Crippen LogP contribution in [0.5, 0.6) is 5.88 Å². The number of thiazole rings is 1. The summed E-state index contributed by atoms with van der Waals surface area (Å²) in [6.45, 7) is 0. The van der Waals surface area contributed by atoms with E-state index < -0.39 is 15.9 Å². The number of ether oxygens (including phenoxy) is 1. The molecule has 0 unspecified atom stereocenters. The summed E-state index contributed by atoms with van der Waals surface area (Å²) in [5.41, 5.74) is 8.60. The number of methoxy groups -OCH3 is 1. The van der Waals surface area contributed by atoms with Crippen LogP contribution in [-0.4, -0.2) is 47.9 Å². The smallest absolute Gasteiger partial charge is 0.268 e. The second-order valence-corrected chi connectivity index (χ2v) is 9.02. The molecule has 154 valence electrons. The second-order valence-electron chi connectivity index (χ2n) is 6.41. The molecule has 0 aliphatic rings. The number of nitrogens with two attached hydrogens (primary N) is 1. The van der Waals surface area contributed by atoms with Crippen molar-refractivity contribution in [1.82, 2.24) is 20.2 Å². The molecule has 0 spiro atoms. The Morgan fingerprint density at radius 2 is 2.03 bits per heavy atom. The van der Waals surface area contributed by atoms with Crippen LogP contribution < -0.4 is 15.2 Å². The molecule has 0 saturated carbocycles. The number of pyridine rings is 1. The van der Waals surface area contributed by atoms with E-state index in [-0.39, 0.29) is 17.3 Å². The molecule has 1 aromatic carbocycles. The third-order valence-corrected chi connectivity index (χ3v) is 5.69. The zero-order valence-electron chi connectivity index (χ0n) is 15.8. The van der Waals surface area contributed by atoms with Gasteiger partial charge in [-0.25, -0.2) is 18.4 Å². The Balaban J connectivity index is 1.87. The highest BCUT2D eigenvalue weighted by atomic mass is 32.2. The highest BCUT2D eigenvalue weighted by molar-refractivity contribution is 7.92. The van der Waals surface area contributed by atoms with E-state index in [0.717, 1.165) is 28.3 Å². The van der Waals surface area contributed by atoms with Gasteiger partial charge in [-0.15, -0.1) is 11.3 Å². The Kier molecular flexibility index (Phi) is 4.87. The number of hydrogen-bond acceptors (Lipinski definition) is 8. The summed E-state index contributed by atoms with van der Waals surface area (Å²) in [5.74, 6) is -0.453. The van der Waals surface area contributed by atoms with Crippen molar-refractivity contribution in [3.63, 3.8) is 0 Å². The Morgan fingerprint density at radius 1 is 1.23 bits per heavy atom. The van der Waals surface area contributed by atoms with Gasteiger partial charge < -0.3 is 10.5 Å². The van der Waals surface area contributed by atoms with E-state index in [0.29, 0.717) is 10.6 Å². The lowest BCUT2D eigenvalue weighted by atomic mass is 10.0. The molecule has 10 nitrogen and oxygen atoms in total. The number of anilines is 1. The van der Waals surface area contributed by atoms with Gasteiger partial charge in [-0.1, -0.05) is 0 Å². The third kappa shape index (κ3) is 3.82. The molecule has 4 rings (SSSR count). The Morgan fingerprint density at radius 3 is 2.70 bits per heavy atom. The number of carbonyl (C=O) groups excluding carboxylic acids is 1. The molecular weight excluding hydrogens is 428 g/mol. The minimum absolute atomic E-state index is 0.151. The van der Waals surface area contributed by atoms with Gasteiger partial charge in [-0.3, -0.25) is 14.6 Å². The number of amides is 1. The lowest BCUT2D eigenvalue weighted by molar-refractivity contribution is 0.0996. The van der Waals surface area contributed by atoms with Crippen molar-refractivity contribution in [2.24, 2.45) is 5.73 Å². The average molecular weight is 444 g/mol. The molecule has 0 bridgehead atoms. The maximum Gasteiger partial charge on any atom is 0.268 e. The fourth-order valence-electron chi connectivity index (χ4n) is 2.95. The normalized spacial score (nSPS) is 11.5. The van der Waals surface area contributed by atoms with Gasteiger partial charge in [-0.2, -0.15) is 5.10 Å². The van der Waals surface area contributed by atoms with Crippen LogP contribution in [-0.2, 0) is 10.0 Å². The highest BCUT2D eigenvalue weighted by Gasteiger charge is 2.16. The number of nitrogens with zero attached hydrogens (tertiary/aromatic N) is 3. The van der Waals surface area contributed by atoms with Crippen LogP contribution in [0.4, 0.5) is 5.69 Å². The molecule has 0 saturated heterocycles. The van der Waals surface area contributed by atoms with Gasteiger partial charge in [0.1, 0.15) is 16.4 Å². The highest BCUT2D eigenvalue weighted by Crippen LogP contribution is 2.36. The summed E-state index contributed by atoms with van der Waals surface area (Å²) in [5, 5.41) is 10.0. The van der Waals surface area contributed by atoms with Crippen LogP contribution >= 0.6 is 11.3 Å². The lowest BCUT2D eigenvalue weighted by Crippen LogP contribution is -2.11. The molecule has 4 N–H and O–H groups in total. The standard InChI is InChI=1S/C18H16N6O4S2/c1-28-17-14(24-30(2,26)27)5-10(6-20-17)9-3-11(12-7-21-23-13(12)4-9)18-22-15(8-29-18)16(19)25/h3-8,24H,1-2H3,(H2,19,25)(H,21,23). The van der Waals surface area contributed by atoms with E-state index in [9.17, 15) is 13.2 Å². The maximum absolute atomic E-state index is 11.7. The summed E-state index contributed by atoms with van der Waals surface area (Å²) in [6.07, 6.45) is 4.29. The van der Waals surface area contributed by atoms with Crippen molar-refractivity contribution < 1.29 is 17.9 Å². The number of benzene rings is 1. The molecular formula is C18H16N6O4S2. The zero-order valence-corrected chi connectivity index (χ0v) is 17.5. The van der Waals surface area contributed by atoms with Gasteiger partial charge in [0.05, 0.1) is 25.1 Å². The molecule has 0 radical (unpaired) electrons. The van der Waals surface area contributed by atoms with E-state index >= 15 is 0 Å². The third-order valence-electron chi connectivity index (χ3n) is 4.22. The number of hydrogen-bond donors (Lipinski definition) is 3. The number of aromatic amines is 1. The summed E-state index contributed by atoms with van der Waals surface area (Å²) >= 11 is 1.29. The molecule has 3 heterocycles. The minimum Gasteiger partial charge on any atom is -0.480 e. The Hall–Kier alpha value is -3.51. The van der Waals surface area contributed by atoms with Crippen molar-refractivity contribution >= 4 is 43.9 Å². The fourth-order valence-corrected chi connectivity index (χ4v) is 4.34. The van der Waals surface area contributed by atoms with Crippen molar-refractivity contribution in [2.75, 3.05) is 18.1 Å². The molecule has 30 heavy (non-hydrogen) atoms. The van der Waals surface area contributed by atoms with Crippen molar-refractivity contribution in [1.29, 1.82) is 0 Å². The zero-order chi connectivity index (χ0) is 21.5. The van der Waals surface area contributed by atoms with E-state index in [1.807, 2.05) is 12.1 Å². The lowest BCUT2D eigenvalue weighted by Gasteiger charge is -2.11. The van der Waals surface area contributed by atoms with Crippen LogP contribution in [0.25, 0.3) is 32.6 Å². The number of rotatable bonds is 6. The van der Waals surface area contributed by atoms with Crippen molar-refractivity contribution in [3.05, 3.63) is 41.7 Å². The Labute approximate surface area is 175 Å². The predicted octanol–water partition coefficient (Wildman–Crippen LogP) is 2.23. The number of H-pyrrole nitrogens is 1. The minimum atomic E-state index is -3.53. The first-order valence-corrected chi connectivity index (χ1v) is 11.3. The van der Waals surface area contributed by atoms with E-state index in [4.69, 9.17) is 10.5 Å². The SMILES string of the molecule is COc1ncc(-c2cc(-c3nc(C(N)=O)cs3)c3cn[nH]c3c2)cc1NS(C)(=O)=O. The monoisotopic (exact) mass is 444 g/mol. The van der Waals surface area contributed by atoms with Crippen molar-refractivity contribution in [2.45, 2.75) is 0 Å². The molecule has 0 fully saturated rings. The molecule has 1 amide bonds. The molecule has 12 heteroatoms. The predicted molar refractivity (Wildman–Crippen MR) is 114 cm³/mol. The number of nitrogens with one attached hydrogen (secondary N) is 2. The summed E-state index contributed by atoms with van der Waals surface area (Å²) in [4.78, 5) is 20.0. The van der Waals surface area contributed by atoms with Crippen molar-refractivity contribution in [3.8, 4) is 27.6 Å². The maximum atomic E-state index is 11.7. The van der Waals surface area contributed by atoms with Crippen LogP contribution in [0.15, 0.2) is 36.0 Å². The topological polar surface area (TPSA) is 153 Å². The van der Waals surface area contributed by atoms with Gasteiger partial charge in [0, 0.05) is 28.1 Å². The van der Waals surface area contributed by atoms with Gasteiger partial charge in [-0.05, 0) is 23.8 Å². The fraction of sp³-hybridized carbons (Fsp3) is 0.111. The number of primary amides is 1. The largest absolute Gasteiger partial charge is 0.480 e.